The fourth-order valence-corrected chi connectivity index (χ4v) is 1.29. The minimum absolute atomic E-state index is 0.293. The fourth-order valence-electron chi connectivity index (χ4n) is 1.29. The molecule has 1 aromatic rings. The number of hydrogen-bond acceptors (Lipinski definition) is 2. The average molecular weight is 230 g/mol. The van der Waals surface area contributed by atoms with Crippen LogP contribution in [0.2, 0.25) is 0 Å². The molecule has 0 spiro atoms. The fraction of sp³-hybridized carbons (Fsp3) is 0.267. The van der Waals surface area contributed by atoms with Crippen molar-refractivity contribution in [3.63, 3.8) is 0 Å². The van der Waals surface area contributed by atoms with Crippen molar-refractivity contribution in [2.24, 2.45) is 0 Å². The molecule has 0 saturated heterocycles. The second kappa shape index (κ2) is 8.34. The van der Waals surface area contributed by atoms with E-state index in [0.29, 0.717) is 6.61 Å². The monoisotopic (exact) mass is 230 g/mol. The van der Waals surface area contributed by atoms with Crippen molar-refractivity contribution in [1.82, 2.24) is 0 Å². The van der Waals surface area contributed by atoms with E-state index in [2.05, 4.69) is 13.0 Å². The smallest absolute Gasteiger partial charge is 0.330 e. The number of rotatable bonds is 6. The molecule has 0 aliphatic rings. The molecular weight excluding hydrogens is 212 g/mol. The van der Waals surface area contributed by atoms with Gasteiger partial charge in [-0.1, -0.05) is 49.4 Å². The molecule has 0 bridgehead atoms. The summed E-state index contributed by atoms with van der Waals surface area (Å²) in [6, 6.07) is 9.68. The van der Waals surface area contributed by atoms with E-state index in [1.165, 1.54) is 6.08 Å². The van der Waals surface area contributed by atoms with Gasteiger partial charge >= 0.3 is 5.97 Å². The summed E-state index contributed by atoms with van der Waals surface area (Å²) >= 11 is 0. The lowest BCUT2D eigenvalue weighted by molar-refractivity contribution is -0.137. The first-order valence-corrected chi connectivity index (χ1v) is 5.88. The Balaban J connectivity index is 2.25. The van der Waals surface area contributed by atoms with Crippen LogP contribution in [-0.2, 0) is 9.53 Å². The predicted octanol–water partition coefficient (Wildman–Crippen LogP) is 3.60. The van der Waals surface area contributed by atoms with E-state index >= 15 is 0 Å². The summed E-state index contributed by atoms with van der Waals surface area (Å²) in [5.74, 6) is -0.293. The van der Waals surface area contributed by atoms with Gasteiger partial charge in [-0.2, -0.15) is 0 Å². The molecule has 0 aliphatic carbocycles. The lowest BCUT2D eigenvalue weighted by atomic mass is 10.2. The van der Waals surface area contributed by atoms with Crippen molar-refractivity contribution in [1.29, 1.82) is 0 Å². The maximum absolute atomic E-state index is 11.3. The van der Waals surface area contributed by atoms with Crippen LogP contribution < -0.4 is 0 Å². The molecule has 90 valence electrons. The molecule has 0 amide bonds. The van der Waals surface area contributed by atoms with Crippen LogP contribution in [0, 0.1) is 0 Å². The van der Waals surface area contributed by atoms with Gasteiger partial charge in [-0.3, -0.25) is 0 Å². The van der Waals surface area contributed by atoms with E-state index in [0.717, 1.165) is 18.4 Å². The van der Waals surface area contributed by atoms with Gasteiger partial charge in [-0.15, -0.1) is 0 Å². The Morgan fingerprint density at radius 3 is 2.71 bits per heavy atom. The van der Waals surface area contributed by atoms with E-state index in [4.69, 9.17) is 4.74 Å². The predicted molar refractivity (Wildman–Crippen MR) is 70.5 cm³/mol. The molecule has 0 fully saturated rings. The molecule has 1 rings (SSSR count). The molecule has 0 heterocycles. The van der Waals surface area contributed by atoms with Crippen LogP contribution in [0.5, 0.6) is 0 Å². The van der Waals surface area contributed by atoms with Crippen molar-refractivity contribution in [2.75, 3.05) is 6.61 Å². The molecule has 0 unspecified atom stereocenters. The second-order valence-electron chi connectivity index (χ2n) is 3.58. The number of esters is 1. The molecule has 0 aromatic heterocycles. The minimum Gasteiger partial charge on any atom is -0.462 e. The van der Waals surface area contributed by atoms with Crippen molar-refractivity contribution in [2.45, 2.75) is 19.8 Å². The van der Waals surface area contributed by atoms with E-state index in [9.17, 15) is 4.79 Å². The highest BCUT2D eigenvalue weighted by atomic mass is 16.5. The molecule has 1 aromatic carbocycles. The van der Waals surface area contributed by atoms with Crippen LogP contribution >= 0.6 is 0 Å². The first-order chi connectivity index (χ1) is 8.33. The highest BCUT2D eigenvalue weighted by Gasteiger charge is 1.94. The molecule has 0 atom stereocenters. The number of carbonyl (C=O) groups excluding carboxylic acids is 1. The van der Waals surface area contributed by atoms with Gasteiger partial charge in [0.05, 0.1) is 6.61 Å². The Labute approximate surface area is 103 Å². The van der Waals surface area contributed by atoms with Crippen LogP contribution in [0.4, 0.5) is 0 Å². The molecule has 0 aliphatic heterocycles. The summed E-state index contributed by atoms with van der Waals surface area (Å²) < 4.78 is 5.03. The van der Waals surface area contributed by atoms with E-state index < -0.39 is 0 Å². The maximum Gasteiger partial charge on any atom is 0.330 e. The summed E-state index contributed by atoms with van der Waals surface area (Å²) in [4.78, 5) is 11.3. The van der Waals surface area contributed by atoms with Gasteiger partial charge in [0.25, 0.3) is 0 Å². The molecular formula is C15H18O2. The quantitative estimate of drug-likeness (QED) is 0.323. The SMILES string of the molecule is CC/C=C\CCOC(=O)/C=C/c1ccccc1. The number of hydrogen-bond donors (Lipinski definition) is 0. The standard InChI is InChI=1S/C15H18O2/c1-2-3-4-8-13-17-15(16)12-11-14-9-6-5-7-10-14/h3-7,9-12H,2,8,13H2,1H3/b4-3-,12-11+. The normalized spacial score (nSPS) is 11.1. The summed E-state index contributed by atoms with van der Waals surface area (Å²) in [6.45, 7) is 2.51. The summed E-state index contributed by atoms with van der Waals surface area (Å²) in [5.41, 5.74) is 0.996. The van der Waals surface area contributed by atoms with Crippen molar-refractivity contribution < 1.29 is 9.53 Å². The third kappa shape index (κ3) is 6.36. The van der Waals surface area contributed by atoms with E-state index in [-0.39, 0.29) is 5.97 Å². The van der Waals surface area contributed by atoms with Gasteiger partial charge < -0.3 is 4.74 Å². The van der Waals surface area contributed by atoms with Gasteiger partial charge in [0.2, 0.25) is 0 Å². The highest BCUT2D eigenvalue weighted by molar-refractivity contribution is 5.86. The average Bonchev–Trinajstić information content (AvgIpc) is 2.37. The van der Waals surface area contributed by atoms with Crippen LogP contribution in [0.1, 0.15) is 25.3 Å². The molecule has 2 heteroatoms. The number of allylic oxidation sites excluding steroid dienone is 1. The Morgan fingerprint density at radius 2 is 2.00 bits per heavy atom. The van der Waals surface area contributed by atoms with Gasteiger partial charge in [0, 0.05) is 6.08 Å². The van der Waals surface area contributed by atoms with Crippen LogP contribution in [0.15, 0.2) is 48.6 Å². The van der Waals surface area contributed by atoms with Crippen LogP contribution in [0.25, 0.3) is 6.08 Å². The number of carbonyl (C=O) groups is 1. The van der Waals surface area contributed by atoms with Crippen molar-refractivity contribution >= 4 is 12.0 Å². The van der Waals surface area contributed by atoms with Gasteiger partial charge in [0.15, 0.2) is 0 Å². The summed E-state index contributed by atoms with van der Waals surface area (Å²) in [6.07, 6.45) is 9.09. The Hall–Kier alpha value is -1.83. The lowest BCUT2D eigenvalue weighted by Crippen LogP contribution is -2.01. The third-order valence-electron chi connectivity index (χ3n) is 2.14. The van der Waals surface area contributed by atoms with Crippen LogP contribution in [0.3, 0.4) is 0 Å². The molecule has 0 N–H and O–H groups in total. The van der Waals surface area contributed by atoms with E-state index in [1.54, 1.807) is 6.08 Å². The highest BCUT2D eigenvalue weighted by Crippen LogP contribution is 2.01. The third-order valence-corrected chi connectivity index (χ3v) is 2.14. The Morgan fingerprint density at radius 1 is 1.24 bits per heavy atom. The topological polar surface area (TPSA) is 26.3 Å². The number of ether oxygens (including phenoxy) is 1. The Bertz CT molecular complexity index is 377. The van der Waals surface area contributed by atoms with Crippen molar-refractivity contribution in [3.05, 3.63) is 54.1 Å². The Kier molecular flexibility index (Phi) is 6.49. The second-order valence-corrected chi connectivity index (χ2v) is 3.58. The summed E-state index contributed by atoms with van der Waals surface area (Å²) in [5, 5.41) is 0. The number of benzene rings is 1. The zero-order valence-corrected chi connectivity index (χ0v) is 10.1. The zero-order valence-electron chi connectivity index (χ0n) is 10.1. The lowest BCUT2D eigenvalue weighted by Gasteiger charge is -1.98. The van der Waals surface area contributed by atoms with Crippen molar-refractivity contribution in [3.8, 4) is 0 Å². The zero-order chi connectivity index (χ0) is 12.3. The first-order valence-electron chi connectivity index (χ1n) is 5.88. The minimum atomic E-state index is -0.293. The first kappa shape index (κ1) is 13.2. The maximum atomic E-state index is 11.3. The van der Waals surface area contributed by atoms with Crippen LogP contribution in [-0.4, -0.2) is 12.6 Å². The molecule has 0 saturated carbocycles. The van der Waals surface area contributed by atoms with Gasteiger partial charge in [-0.25, -0.2) is 4.79 Å². The van der Waals surface area contributed by atoms with Gasteiger partial charge in [-0.05, 0) is 24.5 Å². The van der Waals surface area contributed by atoms with E-state index in [1.807, 2.05) is 36.4 Å². The van der Waals surface area contributed by atoms with Gasteiger partial charge in [0.1, 0.15) is 0 Å². The largest absolute Gasteiger partial charge is 0.462 e. The molecule has 2 nitrogen and oxygen atoms in total. The summed E-state index contributed by atoms with van der Waals surface area (Å²) in [7, 11) is 0. The molecule has 0 radical (unpaired) electrons. The molecule has 17 heavy (non-hydrogen) atoms.